The van der Waals surface area contributed by atoms with Crippen LogP contribution in [-0.2, 0) is 14.8 Å². The second-order valence-corrected chi connectivity index (χ2v) is 9.11. The third kappa shape index (κ3) is 3.81. The van der Waals surface area contributed by atoms with Gasteiger partial charge in [0.05, 0.1) is 18.4 Å². The first kappa shape index (κ1) is 17.7. The lowest BCUT2D eigenvalue weighted by atomic mass is 9.72. The highest BCUT2D eigenvalue weighted by Gasteiger charge is 2.44. The highest BCUT2D eigenvalue weighted by atomic mass is 32.2. The van der Waals surface area contributed by atoms with E-state index in [1.165, 1.54) is 7.05 Å². The quantitative estimate of drug-likeness (QED) is 0.826. The maximum Gasteiger partial charge on any atom is 0.238 e. The highest BCUT2D eigenvalue weighted by molar-refractivity contribution is 7.88. The van der Waals surface area contributed by atoms with Gasteiger partial charge in [-0.2, -0.15) is 4.31 Å². The SMILES string of the molecule is CN(CC(=O)N1CCC[C@@H]1[C@@H]1CCCC[C@@]1(C)O)S(C)(=O)=O. The van der Waals surface area contributed by atoms with Crippen molar-refractivity contribution in [2.75, 3.05) is 26.4 Å². The summed E-state index contributed by atoms with van der Waals surface area (Å²) in [6, 6.07) is 0.0377. The van der Waals surface area contributed by atoms with Crippen LogP contribution in [0.15, 0.2) is 0 Å². The smallest absolute Gasteiger partial charge is 0.238 e. The molecule has 1 saturated carbocycles. The number of carbonyl (C=O) groups excluding carboxylic acids is 1. The molecule has 0 unspecified atom stereocenters. The van der Waals surface area contributed by atoms with Crippen LogP contribution in [0.5, 0.6) is 0 Å². The molecule has 22 heavy (non-hydrogen) atoms. The van der Waals surface area contributed by atoms with Crippen LogP contribution < -0.4 is 0 Å². The van der Waals surface area contributed by atoms with Crippen molar-refractivity contribution >= 4 is 15.9 Å². The fourth-order valence-corrected chi connectivity index (χ4v) is 4.21. The summed E-state index contributed by atoms with van der Waals surface area (Å²) in [4.78, 5) is 14.3. The van der Waals surface area contributed by atoms with Crippen molar-refractivity contribution in [3.8, 4) is 0 Å². The van der Waals surface area contributed by atoms with Crippen molar-refractivity contribution in [1.82, 2.24) is 9.21 Å². The Kier molecular flexibility index (Phi) is 5.19. The van der Waals surface area contributed by atoms with Gasteiger partial charge in [0.15, 0.2) is 0 Å². The van der Waals surface area contributed by atoms with Gasteiger partial charge < -0.3 is 10.0 Å². The van der Waals surface area contributed by atoms with Crippen LogP contribution in [0, 0.1) is 5.92 Å². The summed E-state index contributed by atoms with van der Waals surface area (Å²) < 4.78 is 24.1. The first-order chi connectivity index (χ1) is 10.1. The van der Waals surface area contributed by atoms with Gasteiger partial charge in [0, 0.05) is 25.6 Å². The van der Waals surface area contributed by atoms with Gasteiger partial charge in [0.1, 0.15) is 0 Å². The second kappa shape index (κ2) is 6.45. The average molecular weight is 332 g/mol. The van der Waals surface area contributed by atoms with Gasteiger partial charge >= 0.3 is 0 Å². The average Bonchev–Trinajstić information content (AvgIpc) is 2.85. The van der Waals surface area contributed by atoms with Crippen LogP contribution >= 0.6 is 0 Å². The summed E-state index contributed by atoms with van der Waals surface area (Å²) in [5, 5.41) is 10.7. The highest BCUT2D eigenvalue weighted by Crippen LogP contribution is 2.40. The fourth-order valence-electron chi connectivity index (χ4n) is 3.87. The number of carbonyl (C=O) groups is 1. The molecular formula is C15H28N2O4S. The monoisotopic (exact) mass is 332 g/mol. The van der Waals surface area contributed by atoms with Crippen LogP contribution in [0.1, 0.15) is 45.4 Å². The van der Waals surface area contributed by atoms with E-state index in [0.717, 1.165) is 49.1 Å². The van der Waals surface area contributed by atoms with E-state index in [4.69, 9.17) is 0 Å². The maximum atomic E-state index is 12.5. The topological polar surface area (TPSA) is 77.9 Å². The first-order valence-electron chi connectivity index (χ1n) is 8.06. The number of nitrogens with zero attached hydrogens (tertiary/aromatic N) is 2. The fraction of sp³-hybridized carbons (Fsp3) is 0.933. The zero-order chi connectivity index (χ0) is 16.5. The van der Waals surface area contributed by atoms with E-state index < -0.39 is 15.6 Å². The minimum absolute atomic E-state index is 0.0377. The minimum Gasteiger partial charge on any atom is -0.390 e. The molecular weight excluding hydrogens is 304 g/mol. The second-order valence-electron chi connectivity index (χ2n) is 7.03. The Morgan fingerprint density at radius 3 is 2.59 bits per heavy atom. The lowest BCUT2D eigenvalue weighted by Crippen LogP contribution is -2.52. The molecule has 1 heterocycles. The molecule has 0 radical (unpaired) electrons. The van der Waals surface area contributed by atoms with E-state index in [1.807, 2.05) is 6.92 Å². The number of aliphatic hydroxyl groups is 1. The van der Waals surface area contributed by atoms with Gasteiger partial charge in [-0.3, -0.25) is 4.79 Å². The molecule has 6 nitrogen and oxygen atoms in total. The predicted octanol–water partition coefficient (Wildman–Crippen LogP) is 0.810. The molecule has 3 atom stereocenters. The van der Waals surface area contributed by atoms with Gasteiger partial charge in [-0.25, -0.2) is 8.42 Å². The molecule has 2 aliphatic rings. The van der Waals surface area contributed by atoms with Crippen LogP contribution in [-0.4, -0.2) is 66.7 Å². The van der Waals surface area contributed by atoms with Gasteiger partial charge in [-0.1, -0.05) is 12.8 Å². The third-order valence-corrected chi connectivity index (χ3v) is 6.52. The summed E-state index contributed by atoms with van der Waals surface area (Å²) >= 11 is 0. The predicted molar refractivity (Wildman–Crippen MR) is 84.8 cm³/mol. The van der Waals surface area contributed by atoms with Crippen LogP contribution in [0.4, 0.5) is 0 Å². The van der Waals surface area contributed by atoms with Crippen molar-refractivity contribution in [2.24, 2.45) is 5.92 Å². The molecule has 7 heteroatoms. The summed E-state index contributed by atoms with van der Waals surface area (Å²) in [7, 11) is -1.93. The van der Waals surface area contributed by atoms with Crippen LogP contribution in [0.25, 0.3) is 0 Å². The van der Waals surface area contributed by atoms with Crippen LogP contribution in [0.2, 0.25) is 0 Å². The Balaban J connectivity index is 2.08. The normalized spacial score (nSPS) is 33.4. The first-order valence-corrected chi connectivity index (χ1v) is 9.91. The summed E-state index contributed by atoms with van der Waals surface area (Å²) in [6.45, 7) is 2.41. The lowest BCUT2D eigenvalue weighted by molar-refractivity contribution is -0.136. The molecule has 1 amide bonds. The van der Waals surface area contributed by atoms with E-state index in [0.29, 0.717) is 6.54 Å². The zero-order valence-electron chi connectivity index (χ0n) is 13.8. The van der Waals surface area contributed by atoms with Crippen LogP contribution in [0.3, 0.4) is 0 Å². The van der Waals surface area contributed by atoms with E-state index in [-0.39, 0.29) is 24.4 Å². The summed E-state index contributed by atoms with van der Waals surface area (Å²) in [5.41, 5.74) is -0.728. The Morgan fingerprint density at radius 1 is 1.32 bits per heavy atom. The molecule has 0 aromatic carbocycles. The minimum atomic E-state index is -3.36. The van der Waals surface area contributed by atoms with Crippen molar-refractivity contribution < 1.29 is 18.3 Å². The van der Waals surface area contributed by atoms with Gasteiger partial charge in [-0.05, 0) is 32.6 Å². The molecule has 0 aromatic rings. The number of hydrogen-bond acceptors (Lipinski definition) is 4. The van der Waals surface area contributed by atoms with Gasteiger partial charge in [0.2, 0.25) is 15.9 Å². The number of sulfonamides is 1. The molecule has 0 bridgehead atoms. The maximum absolute atomic E-state index is 12.5. The molecule has 1 saturated heterocycles. The number of likely N-dealkylation sites (N-methyl/N-ethyl adjacent to an activating group) is 1. The van der Waals surface area contributed by atoms with E-state index in [2.05, 4.69) is 0 Å². The van der Waals surface area contributed by atoms with Crippen molar-refractivity contribution in [3.63, 3.8) is 0 Å². The van der Waals surface area contributed by atoms with Gasteiger partial charge in [-0.15, -0.1) is 0 Å². The Labute approximate surface area is 133 Å². The molecule has 1 N–H and O–H groups in total. The number of likely N-dealkylation sites (tertiary alicyclic amines) is 1. The van der Waals surface area contributed by atoms with Crippen molar-refractivity contribution in [1.29, 1.82) is 0 Å². The molecule has 128 valence electrons. The van der Waals surface area contributed by atoms with Crippen molar-refractivity contribution in [2.45, 2.75) is 57.1 Å². The van der Waals surface area contributed by atoms with E-state index in [1.54, 1.807) is 4.90 Å². The van der Waals surface area contributed by atoms with E-state index >= 15 is 0 Å². The Morgan fingerprint density at radius 2 is 2.00 bits per heavy atom. The number of amides is 1. The molecule has 2 rings (SSSR count). The molecule has 0 aromatic heterocycles. The zero-order valence-corrected chi connectivity index (χ0v) is 14.6. The molecule has 2 fully saturated rings. The Bertz CT molecular complexity index is 518. The standard InChI is InChI=1S/C15H28N2O4S/c1-15(19)9-5-4-7-12(15)13-8-6-10-17(13)14(18)11-16(2)22(3,20)21/h12-13,19H,4-11H2,1-3H3/t12-,13+,15+/m0/s1. The molecule has 0 spiro atoms. The van der Waals surface area contributed by atoms with Crippen molar-refractivity contribution in [3.05, 3.63) is 0 Å². The molecule has 1 aliphatic carbocycles. The summed E-state index contributed by atoms with van der Waals surface area (Å²) in [6.07, 6.45) is 6.75. The number of rotatable bonds is 4. The number of hydrogen-bond donors (Lipinski definition) is 1. The Hall–Kier alpha value is -0.660. The third-order valence-electron chi connectivity index (χ3n) is 5.25. The van der Waals surface area contributed by atoms with Gasteiger partial charge in [0.25, 0.3) is 0 Å². The van der Waals surface area contributed by atoms with E-state index in [9.17, 15) is 18.3 Å². The molecule has 1 aliphatic heterocycles. The largest absolute Gasteiger partial charge is 0.390 e. The summed E-state index contributed by atoms with van der Waals surface area (Å²) in [5.74, 6) is -0.0620. The lowest BCUT2D eigenvalue weighted by Gasteiger charge is -2.43.